The van der Waals surface area contributed by atoms with Gasteiger partial charge in [-0.15, -0.1) is 5.10 Å². The molecule has 3 amide bonds. The Hall–Kier alpha value is -2.45. The Bertz CT molecular complexity index is 542. The van der Waals surface area contributed by atoms with E-state index < -0.39 is 5.97 Å². The molecule has 1 fully saturated rings. The number of hydrogen-bond acceptors (Lipinski definition) is 5. The zero-order valence-electron chi connectivity index (χ0n) is 11.5. The number of nitrogens with zero attached hydrogens (tertiary/aromatic N) is 4. The number of hydrogen-bond donors (Lipinski definition) is 2. The van der Waals surface area contributed by atoms with Crippen LogP contribution in [0.2, 0.25) is 0 Å². The van der Waals surface area contributed by atoms with E-state index in [2.05, 4.69) is 15.6 Å². The summed E-state index contributed by atoms with van der Waals surface area (Å²) in [6, 6.07) is -0.381. The number of aromatic nitrogens is 3. The molecule has 2 heterocycles. The highest BCUT2D eigenvalue weighted by Crippen LogP contribution is 2.05. The number of aryl methyl sites for hydroxylation is 1. The van der Waals surface area contributed by atoms with Gasteiger partial charge in [-0.1, -0.05) is 5.21 Å². The third-order valence-electron chi connectivity index (χ3n) is 3.11. The Morgan fingerprint density at radius 1 is 1.38 bits per heavy atom. The van der Waals surface area contributed by atoms with Crippen LogP contribution < -0.4 is 5.32 Å². The summed E-state index contributed by atoms with van der Waals surface area (Å²) in [5.41, 5.74) is 0.707. The molecule has 0 bridgehead atoms. The van der Waals surface area contributed by atoms with Crippen molar-refractivity contribution in [2.24, 2.45) is 0 Å². The van der Waals surface area contributed by atoms with Gasteiger partial charge in [-0.25, -0.2) is 9.48 Å². The summed E-state index contributed by atoms with van der Waals surface area (Å²) in [5.74, 6) is -1.14. The number of amides is 3. The molecule has 21 heavy (non-hydrogen) atoms. The van der Waals surface area contributed by atoms with Crippen molar-refractivity contribution in [2.75, 3.05) is 13.1 Å². The normalized spacial score (nSPS) is 14.3. The van der Waals surface area contributed by atoms with Gasteiger partial charge in [0.2, 0.25) is 0 Å². The van der Waals surface area contributed by atoms with Crippen LogP contribution in [-0.2, 0) is 22.6 Å². The molecule has 0 atom stereocenters. The van der Waals surface area contributed by atoms with E-state index in [1.807, 2.05) is 0 Å². The van der Waals surface area contributed by atoms with Crippen molar-refractivity contribution in [2.45, 2.75) is 32.2 Å². The monoisotopic (exact) mass is 295 g/mol. The molecule has 1 aliphatic rings. The van der Waals surface area contributed by atoms with E-state index >= 15 is 0 Å². The number of unbranched alkanes of at least 4 members (excludes halogenated alkanes) is 1. The molecule has 0 unspecified atom stereocenters. The zero-order chi connectivity index (χ0) is 15.2. The lowest BCUT2D eigenvalue weighted by Crippen LogP contribution is -2.36. The number of rotatable bonds is 7. The molecule has 2 N–H and O–H groups in total. The lowest BCUT2D eigenvalue weighted by molar-refractivity contribution is -0.137. The molecule has 0 radical (unpaired) electrons. The number of imide groups is 1. The van der Waals surface area contributed by atoms with Gasteiger partial charge in [0.25, 0.3) is 5.91 Å². The molecular weight excluding hydrogens is 278 g/mol. The summed E-state index contributed by atoms with van der Waals surface area (Å²) in [7, 11) is 0. The Kier molecular flexibility index (Phi) is 4.85. The highest BCUT2D eigenvalue weighted by molar-refractivity contribution is 5.95. The first-order chi connectivity index (χ1) is 10.1. The summed E-state index contributed by atoms with van der Waals surface area (Å²) in [6.45, 7) is 0.806. The molecule has 0 aromatic carbocycles. The minimum Gasteiger partial charge on any atom is -0.481 e. The Balaban J connectivity index is 1.78. The maximum absolute atomic E-state index is 11.9. The van der Waals surface area contributed by atoms with Crippen molar-refractivity contribution in [3.05, 3.63) is 11.9 Å². The largest absolute Gasteiger partial charge is 0.481 e. The van der Waals surface area contributed by atoms with Crippen LogP contribution in [0.4, 0.5) is 4.79 Å². The Morgan fingerprint density at radius 2 is 2.19 bits per heavy atom. The standard InChI is InChI=1S/C12H17N5O4/c18-10(17-6-5-13-12(17)21)8-16-7-9(14-15-16)3-1-2-4-11(19)20/h7H,1-6,8H2,(H,13,21)(H,19,20). The van der Waals surface area contributed by atoms with Crippen LogP contribution in [-0.4, -0.2) is 56.0 Å². The quantitative estimate of drug-likeness (QED) is 0.663. The van der Waals surface area contributed by atoms with Gasteiger partial charge in [0.1, 0.15) is 6.54 Å². The lowest BCUT2D eigenvalue weighted by atomic mass is 10.1. The molecule has 114 valence electrons. The Labute approximate surface area is 120 Å². The van der Waals surface area contributed by atoms with Crippen molar-refractivity contribution in [1.82, 2.24) is 25.2 Å². The smallest absolute Gasteiger partial charge is 0.324 e. The van der Waals surface area contributed by atoms with Gasteiger partial charge in [-0.05, 0) is 19.3 Å². The van der Waals surface area contributed by atoms with Gasteiger partial charge in [-0.2, -0.15) is 0 Å². The number of carbonyl (C=O) groups is 3. The first-order valence-corrected chi connectivity index (χ1v) is 6.75. The fourth-order valence-electron chi connectivity index (χ4n) is 2.05. The van der Waals surface area contributed by atoms with Crippen LogP contribution in [0.3, 0.4) is 0 Å². The fraction of sp³-hybridized carbons (Fsp3) is 0.583. The second kappa shape index (κ2) is 6.82. The molecule has 1 aliphatic heterocycles. The molecule has 1 saturated heterocycles. The van der Waals surface area contributed by atoms with Gasteiger partial charge < -0.3 is 10.4 Å². The van der Waals surface area contributed by atoms with Gasteiger partial charge >= 0.3 is 12.0 Å². The number of carbonyl (C=O) groups excluding carboxylic acids is 2. The molecule has 0 spiro atoms. The van der Waals surface area contributed by atoms with Crippen LogP contribution in [0.1, 0.15) is 25.0 Å². The van der Waals surface area contributed by atoms with Gasteiger partial charge in [0.15, 0.2) is 0 Å². The topological polar surface area (TPSA) is 117 Å². The summed E-state index contributed by atoms with van der Waals surface area (Å²) >= 11 is 0. The fourth-order valence-corrected chi connectivity index (χ4v) is 2.05. The maximum atomic E-state index is 11.9. The molecule has 9 heteroatoms. The summed E-state index contributed by atoms with van der Waals surface area (Å²) in [4.78, 5) is 34.8. The van der Waals surface area contributed by atoms with Crippen molar-refractivity contribution in [3.63, 3.8) is 0 Å². The van der Waals surface area contributed by atoms with Crippen molar-refractivity contribution < 1.29 is 19.5 Å². The molecule has 2 rings (SSSR count). The summed E-state index contributed by atoms with van der Waals surface area (Å²) < 4.78 is 1.39. The molecular formula is C12H17N5O4. The number of carboxylic acid groups (broad SMARTS) is 1. The second-order valence-corrected chi connectivity index (χ2v) is 4.79. The number of carboxylic acids is 1. The van der Waals surface area contributed by atoms with E-state index in [4.69, 9.17) is 5.11 Å². The molecule has 1 aromatic rings. The summed E-state index contributed by atoms with van der Waals surface area (Å²) in [6.07, 6.45) is 3.68. The number of nitrogens with one attached hydrogen (secondary N) is 1. The van der Waals surface area contributed by atoms with Gasteiger partial charge in [-0.3, -0.25) is 14.5 Å². The lowest BCUT2D eigenvalue weighted by Gasteiger charge is -2.11. The highest BCUT2D eigenvalue weighted by Gasteiger charge is 2.26. The predicted molar refractivity (Wildman–Crippen MR) is 70.3 cm³/mol. The minimum atomic E-state index is -0.812. The third-order valence-corrected chi connectivity index (χ3v) is 3.11. The third kappa shape index (κ3) is 4.26. The van der Waals surface area contributed by atoms with E-state index in [0.717, 1.165) is 4.90 Å². The highest BCUT2D eigenvalue weighted by atomic mass is 16.4. The van der Waals surface area contributed by atoms with Crippen LogP contribution in [0.5, 0.6) is 0 Å². The van der Waals surface area contributed by atoms with Gasteiger partial charge in [0, 0.05) is 25.7 Å². The predicted octanol–water partition coefficient (Wildman–Crippen LogP) is -0.373. The molecule has 9 nitrogen and oxygen atoms in total. The van der Waals surface area contributed by atoms with Crippen molar-refractivity contribution >= 4 is 17.9 Å². The van der Waals surface area contributed by atoms with Crippen LogP contribution >= 0.6 is 0 Å². The van der Waals surface area contributed by atoms with Crippen molar-refractivity contribution in [1.29, 1.82) is 0 Å². The zero-order valence-corrected chi connectivity index (χ0v) is 11.5. The minimum absolute atomic E-state index is 0.0322. The van der Waals surface area contributed by atoms with E-state index in [1.54, 1.807) is 6.20 Å². The average Bonchev–Trinajstić information content (AvgIpc) is 3.03. The van der Waals surface area contributed by atoms with Gasteiger partial charge in [0.05, 0.1) is 5.69 Å². The van der Waals surface area contributed by atoms with Crippen LogP contribution in [0.25, 0.3) is 0 Å². The first kappa shape index (κ1) is 14.9. The second-order valence-electron chi connectivity index (χ2n) is 4.79. The maximum Gasteiger partial charge on any atom is 0.324 e. The van der Waals surface area contributed by atoms with Crippen LogP contribution in [0, 0.1) is 0 Å². The summed E-state index contributed by atoms with van der Waals surface area (Å²) in [5, 5.41) is 18.9. The molecule has 0 aliphatic carbocycles. The number of urea groups is 1. The van der Waals surface area contributed by atoms with E-state index in [-0.39, 0.29) is 24.9 Å². The van der Waals surface area contributed by atoms with E-state index in [9.17, 15) is 14.4 Å². The SMILES string of the molecule is O=C(O)CCCCc1cn(CC(=O)N2CCNC2=O)nn1. The molecule has 0 saturated carbocycles. The average molecular weight is 295 g/mol. The van der Waals surface area contributed by atoms with Crippen LogP contribution in [0.15, 0.2) is 6.20 Å². The number of aliphatic carboxylic acids is 1. The van der Waals surface area contributed by atoms with E-state index in [0.29, 0.717) is 38.0 Å². The molecule has 1 aromatic heterocycles. The first-order valence-electron chi connectivity index (χ1n) is 6.75. The Morgan fingerprint density at radius 3 is 2.86 bits per heavy atom. The van der Waals surface area contributed by atoms with E-state index in [1.165, 1.54) is 4.68 Å². The van der Waals surface area contributed by atoms with Crippen molar-refractivity contribution in [3.8, 4) is 0 Å².